The number of nitrogens with zero attached hydrogens (tertiary/aromatic N) is 3. The topological polar surface area (TPSA) is 176 Å². The normalized spacial score (nSPS) is 13.1. The molecule has 0 spiro atoms. The molecule has 0 saturated carbocycles. The fourth-order valence-electron chi connectivity index (χ4n) is 2.76. The predicted molar refractivity (Wildman–Crippen MR) is 123 cm³/mol. The maximum atomic E-state index is 12.4. The lowest BCUT2D eigenvalue weighted by Gasteiger charge is -2.18. The van der Waals surface area contributed by atoms with Crippen LogP contribution >= 0.6 is 0 Å². The molecule has 2 aromatic heterocycles. The van der Waals surface area contributed by atoms with Gasteiger partial charge in [0.2, 0.25) is 11.8 Å². The number of hydrogen-bond acceptors (Lipinski definition) is 7. The lowest BCUT2D eigenvalue weighted by molar-refractivity contribution is -0.116. The third-order valence-corrected chi connectivity index (χ3v) is 4.98. The summed E-state index contributed by atoms with van der Waals surface area (Å²) >= 11 is 0. The van der Waals surface area contributed by atoms with Crippen molar-refractivity contribution in [2.24, 2.45) is 22.2 Å². The van der Waals surface area contributed by atoms with Gasteiger partial charge in [0.15, 0.2) is 0 Å². The van der Waals surface area contributed by atoms with Crippen LogP contribution in [-0.4, -0.2) is 33.8 Å². The molecule has 2 aromatic rings. The van der Waals surface area contributed by atoms with Crippen LogP contribution in [0.5, 0.6) is 0 Å². The Bertz CT molecular complexity index is 1030. The molecule has 0 aromatic carbocycles. The molecule has 0 saturated heterocycles. The lowest BCUT2D eigenvalue weighted by Crippen LogP contribution is -2.30. The number of carbonyl (C=O) groups excluding carboxylic acids is 2. The molecule has 2 amide bonds. The molecule has 0 fully saturated rings. The molecular weight excluding hydrogens is 410 g/mol. The molecule has 0 aliphatic carbocycles. The Kier molecular flexibility index (Phi) is 7.74. The molecule has 0 bridgehead atoms. The van der Waals surface area contributed by atoms with Crippen LogP contribution in [0.4, 0.5) is 5.88 Å². The predicted octanol–water partition coefficient (Wildman–Crippen LogP) is 1.86. The molecule has 10 nitrogen and oxygen atoms in total. The minimum Gasteiger partial charge on any atom is -0.396 e. The third kappa shape index (κ3) is 6.16. The number of aliphatic imine (C=N–C) groups is 1. The summed E-state index contributed by atoms with van der Waals surface area (Å²) in [5, 5.41) is 6.72. The summed E-state index contributed by atoms with van der Waals surface area (Å²) in [6.45, 7) is 9.78. The number of pyridine rings is 1. The number of hydrogen-bond donors (Lipinski definition) is 4. The van der Waals surface area contributed by atoms with Gasteiger partial charge < -0.3 is 21.7 Å². The van der Waals surface area contributed by atoms with Gasteiger partial charge in [-0.25, -0.2) is 0 Å². The number of nitrogens with one attached hydrogen (secondary N) is 1. The van der Waals surface area contributed by atoms with Crippen molar-refractivity contribution in [3.8, 4) is 0 Å². The number of amidine groups is 1. The molecule has 0 aliphatic heterocycles. The van der Waals surface area contributed by atoms with Crippen molar-refractivity contribution in [2.45, 2.75) is 58.9 Å². The zero-order valence-corrected chi connectivity index (χ0v) is 19.1. The Hall–Kier alpha value is -3.69. The van der Waals surface area contributed by atoms with Gasteiger partial charge in [-0.3, -0.25) is 24.9 Å². The highest BCUT2D eigenvalue weighted by Crippen LogP contribution is 2.27. The van der Waals surface area contributed by atoms with Gasteiger partial charge in [0.05, 0.1) is 23.5 Å². The van der Waals surface area contributed by atoms with E-state index in [9.17, 15) is 9.59 Å². The minimum absolute atomic E-state index is 0.0168. The molecule has 10 heteroatoms. The Labute approximate surface area is 187 Å². The van der Waals surface area contributed by atoms with Crippen LogP contribution in [0, 0.1) is 0 Å². The molecule has 172 valence electrons. The zero-order valence-electron chi connectivity index (χ0n) is 19.1. The van der Waals surface area contributed by atoms with E-state index < -0.39 is 5.91 Å². The molecule has 32 heavy (non-hydrogen) atoms. The number of carbonyl (C=O) groups is 2. The van der Waals surface area contributed by atoms with E-state index in [-0.39, 0.29) is 46.8 Å². The van der Waals surface area contributed by atoms with Gasteiger partial charge in [-0.15, -0.1) is 0 Å². The van der Waals surface area contributed by atoms with Gasteiger partial charge in [-0.2, -0.15) is 0 Å². The Balaban J connectivity index is 2.13. The van der Waals surface area contributed by atoms with Crippen molar-refractivity contribution in [3.05, 3.63) is 46.9 Å². The maximum absolute atomic E-state index is 12.4. The molecule has 7 N–H and O–H groups in total. The van der Waals surface area contributed by atoms with Crippen molar-refractivity contribution < 1.29 is 14.1 Å². The second-order valence-corrected chi connectivity index (χ2v) is 8.35. The van der Waals surface area contributed by atoms with Crippen molar-refractivity contribution in [1.29, 1.82) is 0 Å². The first-order valence-corrected chi connectivity index (χ1v) is 10.3. The van der Waals surface area contributed by atoms with E-state index >= 15 is 0 Å². The Morgan fingerprint density at radius 1 is 1.22 bits per heavy atom. The second kappa shape index (κ2) is 10.1. The minimum atomic E-state index is -0.799. The zero-order chi connectivity index (χ0) is 24.1. The summed E-state index contributed by atoms with van der Waals surface area (Å²) in [7, 11) is 0. The van der Waals surface area contributed by atoms with Gasteiger partial charge in [-0.1, -0.05) is 32.0 Å². The first-order chi connectivity index (χ1) is 14.9. The Morgan fingerprint density at radius 2 is 1.91 bits per heavy atom. The molecule has 0 atom stereocenters. The van der Waals surface area contributed by atoms with Gasteiger partial charge in [0.25, 0.3) is 5.91 Å². The molecule has 2 heterocycles. The van der Waals surface area contributed by atoms with Crippen LogP contribution in [0.25, 0.3) is 5.70 Å². The van der Waals surface area contributed by atoms with E-state index in [2.05, 4.69) is 41.2 Å². The summed E-state index contributed by atoms with van der Waals surface area (Å²) < 4.78 is 5.22. The fraction of sp³-hybridized carbons (Fsp3) is 0.409. The molecule has 0 aliphatic rings. The number of rotatable bonds is 9. The van der Waals surface area contributed by atoms with Crippen LogP contribution in [0.3, 0.4) is 0 Å². The lowest BCUT2D eigenvalue weighted by atomic mass is 9.87. The smallest absolute Gasteiger partial charge is 0.254 e. The van der Waals surface area contributed by atoms with Crippen LogP contribution in [0.2, 0.25) is 0 Å². The van der Waals surface area contributed by atoms with Gasteiger partial charge >= 0.3 is 0 Å². The SMILES string of the molecule is CCC(C)(C)c1cc(NC(=O)Cc2ccc(/C(N)=C(\C(N)=O)C(N)=NC(C)C)nc2)on1. The first kappa shape index (κ1) is 24.6. The van der Waals surface area contributed by atoms with Crippen LogP contribution in [-0.2, 0) is 21.4 Å². The Morgan fingerprint density at radius 3 is 2.44 bits per heavy atom. The third-order valence-electron chi connectivity index (χ3n) is 4.98. The number of anilines is 1. The monoisotopic (exact) mass is 441 g/mol. The summed E-state index contributed by atoms with van der Waals surface area (Å²) in [5.74, 6) is -0.847. The first-order valence-electron chi connectivity index (χ1n) is 10.3. The van der Waals surface area contributed by atoms with Crippen molar-refractivity contribution >= 4 is 29.2 Å². The summed E-state index contributed by atoms with van der Waals surface area (Å²) in [5.41, 5.74) is 18.9. The quantitative estimate of drug-likeness (QED) is 0.261. The highest BCUT2D eigenvalue weighted by Gasteiger charge is 2.23. The number of aromatic nitrogens is 2. The maximum Gasteiger partial charge on any atom is 0.254 e. The summed E-state index contributed by atoms with van der Waals surface area (Å²) in [6, 6.07) is 4.84. The number of primary amides is 1. The van der Waals surface area contributed by atoms with Crippen molar-refractivity contribution in [3.63, 3.8) is 0 Å². The van der Waals surface area contributed by atoms with Crippen molar-refractivity contribution in [1.82, 2.24) is 10.1 Å². The second-order valence-electron chi connectivity index (χ2n) is 8.35. The van der Waals surface area contributed by atoms with Gasteiger partial charge in [0.1, 0.15) is 11.4 Å². The summed E-state index contributed by atoms with van der Waals surface area (Å²) in [6.07, 6.45) is 2.43. The van der Waals surface area contributed by atoms with E-state index in [0.29, 0.717) is 11.3 Å². The molecule has 0 radical (unpaired) electrons. The van der Waals surface area contributed by atoms with Crippen LogP contribution < -0.4 is 22.5 Å². The molecule has 2 rings (SSSR count). The van der Waals surface area contributed by atoms with E-state index in [1.54, 1.807) is 18.2 Å². The average Bonchev–Trinajstić information content (AvgIpc) is 3.16. The standard InChI is InChI=1S/C22H31N7O3/c1-6-22(4,5)15-10-17(32-29-15)28-16(30)9-13-7-8-14(26-11-13)19(23)18(21(25)31)20(24)27-12(2)3/h7-8,10-12H,6,9,23H2,1-5H3,(H2,24,27)(H2,25,31)(H,28,30)/b19-18+. The largest absolute Gasteiger partial charge is 0.396 e. The average molecular weight is 442 g/mol. The highest BCUT2D eigenvalue weighted by atomic mass is 16.5. The van der Waals surface area contributed by atoms with Crippen LogP contribution in [0.1, 0.15) is 58.0 Å². The number of nitrogens with two attached hydrogens (primary N) is 3. The highest BCUT2D eigenvalue weighted by molar-refractivity contribution is 6.24. The van der Waals surface area contributed by atoms with E-state index in [4.69, 9.17) is 21.7 Å². The van der Waals surface area contributed by atoms with E-state index in [0.717, 1.165) is 12.1 Å². The van der Waals surface area contributed by atoms with Crippen LogP contribution in [0.15, 0.2) is 39.5 Å². The number of amides is 2. The van der Waals surface area contributed by atoms with Gasteiger partial charge in [-0.05, 0) is 31.9 Å². The van der Waals surface area contributed by atoms with E-state index in [1.165, 1.54) is 6.20 Å². The molecular formula is C22H31N7O3. The van der Waals surface area contributed by atoms with Crippen molar-refractivity contribution in [2.75, 3.05) is 5.32 Å². The van der Waals surface area contributed by atoms with E-state index in [1.807, 2.05) is 13.8 Å². The van der Waals surface area contributed by atoms with Gasteiger partial charge in [0, 0.05) is 23.7 Å². The fourth-order valence-corrected chi connectivity index (χ4v) is 2.76. The molecule has 0 unspecified atom stereocenters. The summed E-state index contributed by atoms with van der Waals surface area (Å²) in [4.78, 5) is 32.6.